The molecule has 94 valence electrons. The minimum Gasteiger partial charge on any atom is -0.329 e. The molecule has 0 heterocycles. The molecule has 1 N–H and O–H groups in total. The highest BCUT2D eigenvalue weighted by molar-refractivity contribution is 5.74. The van der Waals surface area contributed by atoms with Crippen molar-refractivity contribution in [3.05, 3.63) is 0 Å². The van der Waals surface area contributed by atoms with Crippen LogP contribution in [0.5, 0.6) is 0 Å². The summed E-state index contributed by atoms with van der Waals surface area (Å²) in [7, 11) is 0. The fraction of sp³-hybridized carbons (Fsp3) is 0.900. The summed E-state index contributed by atoms with van der Waals surface area (Å²) in [5.41, 5.74) is 0. The molecule has 0 aromatic rings. The Morgan fingerprint density at radius 2 is 2.06 bits per heavy atom. The van der Waals surface area contributed by atoms with E-state index in [-0.39, 0.29) is 6.04 Å². The molecule has 2 amide bonds. The number of urea groups is 1. The van der Waals surface area contributed by atoms with Crippen molar-refractivity contribution in [1.82, 2.24) is 10.2 Å². The fourth-order valence-corrected chi connectivity index (χ4v) is 1.44. The van der Waals surface area contributed by atoms with Crippen molar-refractivity contribution in [1.29, 1.82) is 0 Å². The molecule has 0 spiro atoms. The smallest absolute Gasteiger partial charge is 0.329 e. The highest BCUT2D eigenvalue weighted by atomic mass is 19.4. The Morgan fingerprint density at radius 1 is 1.44 bits per heavy atom. The van der Waals surface area contributed by atoms with Crippen molar-refractivity contribution >= 4 is 6.03 Å². The Balaban J connectivity index is 2.35. The Bertz CT molecular complexity index is 239. The van der Waals surface area contributed by atoms with Crippen molar-refractivity contribution in [2.45, 2.75) is 44.8 Å². The van der Waals surface area contributed by atoms with E-state index in [1.54, 1.807) is 0 Å². The Morgan fingerprint density at radius 3 is 2.50 bits per heavy atom. The van der Waals surface area contributed by atoms with Crippen LogP contribution in [0.3, 0.4) is 0 Å². The number of rotatable bonds is 5. The summed E-state index contributed by atoms with van der Waals surface area (Å²) < 4.78 is 35.7. The summed E-state index contributed by atoms with van der Waals surface area (Å²) in [6.45, 7) is 1.28. The summed E-state index contributed by atoms with van der Waals surface area (Å²) in [6.07, 6.45) is -0.770. The van der Waals surface area contributed by atoms with E-state index in [1.807, 2.05) is 12.2 Å². The van der Waals surface area contributed by atoms with Crippen LogP contribution in [0.2, 0.25) is 0 Å². The second-order valence-electron chi connectivity index (χ2n) is 4.05. The number of hydrogen-bond donors (Lipinski definition) is 1. The monoisotopic (exact) mass is 238 g/mol. The van der Waals surface area contributed by atoms with Crippen LogP contribution in [0, 0.1) is 0 Å². The average Bonchev–Trinajstić information content (AvgIpc) is 2.98. The van der Waals surface area contributed by atoms with E-state index >= 15 is 0 Å². The molecule has 16 heavy (non-hydrogen) atoms. The zero-order valence-corrected chi connectivity index (χ0v) is 9.31. The lowest BCUT2D eigenvalue weighted by Gasteiger charge is -2.23. The van der Waals surface area contributed by atoms with E-state index < -0.39 is 18.8 Å². The number of nitrogens with one attached hydrogen (secondary N) is 1. The quantitative estimate of drug-likeness (QED) is 0.784. The van der Waals surface area contributed by atoms with Gasteiger partial charge in [-0.1, -0.05) is 13.3 Å². The molecule has 0 aliphatic heterocycles. The third-order valence-electron chi connectivity index (χ3n) is 2.44. The number of alkyl halides is 3. The van der Waals surface area contributed by atoms with E-state index in [2.05, 4.69) is 0 Å². The van der Waals surface area contributed by atoms with Gasteiger partial charge >= 0.3 is 12.2 Å². The number of nitrogens with zero attached hydrogens (tertiary/aromatic N) is 1. The number of unbranched alkanes of at least 4 members (excludes halogenated alkanes) is 1. The van der Waals surface area contributed by atoms with Gasteiger partial charge in [0, 0.05) is 12.6 Å². The standard InChI is InChI=1S/C10H17F3N2O/c1-2-3-6-15(8-4-5-8)9(16)14-7-10(11,12)13/h8H,2-7H2,1H3,(H,14,16). The largest absolute Gasteiger partial charge is 0.405 e. The van der Waals surface area contributed by atoms with Crippen LogP contribution in [0.1, 0.15) is 32.6 Å². The number of carbonyl (C=O) groups excluding carboxylic acids is 1. The lowest BCUT2D eigenvalue weighted by Crippen LogP contribution is -2.45. The summed E-state index contributed by atoms with van der Waals surface area (Å²) in [5, 5.41) is 1.91. The molecule has 1 fully saturated rings. The predicted octanol–water partition coefficient (Wildman–Crippen LogP) is 2.52. The van der Waals surface area contributed by atoms with Gasteiger partial charge in [0.15, 0.2) is 0 Å². The van der Waals surface area contributed by atoms with Gasteiger partial charge in [-0.05, 0) is 19.3 Å². The maximum atomic E-state index is 11.9. The molecular weight excluding hydrogens is 221 g/mol. The summed E-state index contributed by atoms with van der Waals surface area (Å²) in [4.78, 5) is 13.0. The molecule has 0 saturated heterocycles. The second-order valence-corrected chi connectivity index (χ2v) is 4.05. The normalized spacial score (nSPS) is 16.0. The molecule has 0 unspecified atom stereocenters. The number of amides is 2. The third kappa shape index (κ3) is 4.72. The van der Waals surface area contributed by atoms with Gasteiger partial charge in [0.1, 0.15) is 6.54 Å². The molecular formula is C10H17F3N2O. The summed E-state index contributed by atoms with van der Waals surface area (Å²) in [5.74, 6) is 0. The molecule has 6 heteroatoms. The van der Waals surface area contributed by atoms with E-state index in [1.165, 1.54) is 4.90 Å². The van der Waals surface area contributed by atoms with Crippen LogP contribution < -0.4 is 5.32 Å². The molecule has 0 bridgehead atoms. The van der Waals surface area contributed by atoms with E-state index in [0.717, 1.165) is 25.7 Å². The SMILES string of the molecule is CCCCN(C(=O)NCC(F)(F)F)C1CC1. The molecule has 1 rings (SSSR count). The average molecular weight is 238 g/mol. The van der Waals surface area contributed by atoms with Gasteiger partial charge in [-0.3, -0.25) is 0 Å². The summed E-state index contributed by atoms with van der Waals surface area (Å²) >= 11 is 0. The van der Waals surface area contributed by atoms with Crippen molar-refractivity contribution in [3.8, 4) is 0 Å². The molecule has 1 saturated carbocycles. The van der Waals surface area contributed by atoms with Gasteiger partial charge < -0.3 is 10.2 Å². The van der Waals surface area contributed by atoms with Gasteiger partial charge in [0.25, 0.3) is 0 Å². The molecule has 3 nitrogen and oxygen atoms in total. The van der Waals surface area contributed by atoms with Crippen molar-refractivity contribution < 1.29 is 18.0 Å². The third-order valence-corrected chi connectivity index (χ3v) is 2.44. The molecule has 0 aromatic heterocycles. The molecule has 0 radical (unpaired) electrons. The zero-order chi connectivity index (χ0) is 12.2. The topological polar surface area (TPSA) is 32.3 Å². The summed E-state index contributed by atoms with van der Waals surface area (Å²) in [6, 6.07) is -0.437. The first-order valence-corrected chi connectivity index (χ1v) is 5.55. The van der Waals surface area contributed by atoms with E-state index in [9.17, 15) is 18.0 Å². The molecule has 0 atom stereocenters. The molecule has 1 aliphatic carbocycles. The maximum absolute atomic E-state index is 11.9. The fourth-order valence-electron chi connectivity index (χ4n) is 1.44. The van der Waals surface area contributed by atoms with Crippen LogP contribution in [-0.4, -0.2) is 36.2 Å². The van der Waals surface area contributed by atoms with Crippen molar-refractivity contribution in [2.24, 2.45) is 0 Å². The van der Waals surface area contributed by atoms with Crippen LogP contribution in [0.4, 0.5) is 18.0 Å². The Labute approximate surface area is 93.0 Å². The van der Waals surface area contributed by atoms with E-state index in [0.29, 0.717) is 6.54 Å². The van der Waals surface area contributed by atoms with E-state index in [4.69, 9.17) is 0 Å². The minimum atomic E-state index is -4.34. The zero-order valence-electron chi connectivity index (χ0n) is 9.31. The lowest BCUT2D eigenvalue weighted by atomic mass is 10.3. The first-order chi connectivity index (χ1) is 7.44. The van der Waals surface area contributed by atoms with Gasteiger partial charge in [-0.2, -0.15) is 13.2 Å². The van der Waals surface area contributed by atoms with Crippen LogP contribution in [0.15, 0.2) is 0 Å². The van der Waals surface area contributed by atoms with Crippen molar-refractivity contribution in [2.75, 3.05) is 13.1 Å². The Kier molecular flexibility index (Phi) is 4.44. The molecule has 1 aliphatic rings. The number of carbonyl (C=O) groups is 1. The molecule has 0 aromatic carbocycles. The lowest BCUT2D eigenvalue weighted by molar-refractivity contribution is -0.123. The first-order valence-electron chi connectivity index (χ1n) is 5.55. The highest BCUT2D eigenvalue weighted by Gasteiger charge is 2.34. The van der Waals surface area contributed by atoms with Crippen molar-refractivity contribution in [3.63, 3.8) is 0 Å². The Hall–Kier alpha value is -0.940. The number of halogens is 3. The van der Waals surface area contributed by atoms with Crippen LogP contribution in [-0.2, 0) is 0 Å². The minimum absolute atomic E-state index is 0.153. The first kappa shape index (κ1) is 13.1. The van der Waals surface area contributed by atoms with Gasteiger partial charge in [-0.15, -0.1) is 0 Å². The maximum Gasteiger partial charge on any atom is 0.405 e. The second kappa shape index (κ2) is 5.41. The van der Waals surface area contributed by atoms with Gasteiger partial charge in [0.2, 0.25) is 0 Å². The van der Waals surface area contributed by atoms with Gasteiger partial charge in [-0.25, -0.2) is 4.79 Å². The van der Waals surface area contributed by atoms with Gasteiger partial charge in [0.05, 0.1) is 0 Å². The van der Waals surface area contributed by atoms with Crippen LogP contribution in [0.25, 0.3) is 0 Å². The predicted molar refractivity (Wildman–Crippen MR) is 54.1 cm³/mol. The number of hydrogen-bond acceptors (Lipinski definition) is 1. The van der Waals surface area contributed by atoms with Crippen LogP contribution >= 0.6 is 0 Å². The highest BCUT2D eigenvalue weighted by Crippen LogP contribution is 2.27.